The van der Waals surface area contributed by atoms with Gasteiger partial charge in [0.15, 0.2) is 18.1 Å². The second-order valence-electron chi connectivity index (χ2n) is 3.74. The summed E-state index contributed by atoms with van der Waals surface area (Å²) < 4.78 is 10.5. The van der Waals surface area contributed by atoms with Crippen molar-refractivity contribution in [2.24, 2.45) is 5.73 Å². The van der Waals surface area contributed by atoms with Crippen LogP contribution in [-0.2, 0) is 11.3 Å². The van der Waals surface area contributed by atoms with Crippen LogP contribution in [0, 0.1) is 11.3 Å². The molecule has 0 radical (unpaired) electrons. The molecule has 0 spiro atoms. The van der Waals surface area contributed by atoms with Gasteiger partial charge in [0.1, 0.15) is 0 Å². The van der Waals surface area contributed by atoms with Crippen molar-refractivity contribution in [1.29, 1.82) is 5.26 Å². The highest BCUT2D eigenvalue weighted by molar-refractivity contribution is 5.77. The number of ether oxygens (including phenoxy) is 2. The summed E-state index contributed by atoms with van der Waals surface area (Å²) in [6.45, 7) is 0.573. The molecule has 6 heteroatoms. The number of hydrogen-bond donors (Lipinski definition) is 2. The van der Waals surface area contributed by atoms with Gasteiger partial charge in [0, 0.05) is 13.1 Å². The smallest absolute Gasteiger partial charge is 0.257 e. The molecule has 1 amide bonds. The van der Waals surface area contributed by atoms with Gasteiger partial charge in [0.05, 0.1) is 19.6 Å². The highest BCUT2D eigenvalue weighted by atomic mass is 16.5. The lowest BCUT2D eigenvalue weighted by molar-refractivity contribution is -0.123. The number of nitrogens with one attached hydrogen (secondary N) is 1. The van der Waals surface area contributed by atoms with E-state index in [2.05, 4.69) is 5.32 Å². The van der Waals surface area contributed by atoms with E-state index in [0.29, 0.717) is 24.6 Å². The third-order valence-corrected chi connectivity index (χ3v) is 2.38. The summed E-state index contributed by atoms with van der Waals surface area (Å²) in [7, 11) is 1.53. The number of methoxy groups -OCH3 is 1. The first-order valence-electron chi connectivity index (χ1n) is 5.84. The fourth-order valence-electron chi connectivity index (χ4n) is 1.41. The maximum absolute atomic E-state index is 11.4. The van der Waals surface area contributed by atoms with Gasteiger partial charge >= 0.3 is 0 Å². The van der Waals surface area contributed by atoms with Crippen molar-refractivity contribution in [3.8, 4) is 17.6 Å². The average Bonchev–Trinajstić information content (AvgIpc) is 2.45. The van der Waals surface area contributed by atoms with Crippen molar-refractivity contribution < 1.29 is 14.3 Å². The predicted molar refractivity (Wildman–Crippen MR) is 69.6 cm³/mol. The fraction of sp³-hybridized carbons (Fsp3) is 0.385. The minimum atomic E-state index is -0.282. The van der Waals surface area contributed by atoms with Crippen molar-refractivity contribution >= 4 is 5.91 Å². The minimum Gasteiger partial charge on any atom is -0.493 e. The second-order valence-corrected chi connectivity index (χ2v) is 3.74. The summed E-state index contributed by atoms with van der Waals surface area (Å²) in [4.78, 5) is 11.4. The van der Waals surface area contributed by atoms with Crippen LogP contribution < -0.4 is 20.5 Å². The third kappa shape index (κ3) is 4.85. The van der Waals surface area contributed by atoms with Crippen LogP contribution in [0.2, 0.25) is 0 Å². The molecule has 0 aliphatic heterocycles. The number of rotatable bonds is 7. The number of nitriles is 1. The monoisotopic (exact) mass is 263 g/mol. The lowest BCUT2D eigenvalue weighted by atomic mass is 10.2. The number of nitrogens with two attached hydrogens (primary N) is 1. The van der Waals surface area contributed by atoms with E-state index in [-0.39, 0.29) is 18.9 Å². The molecular weight excluding hydrogens is 246 g/mol. The normalized spacial score (nSPS) is 9.53. The first kappa shape index (κ1) is 14.8. The first-order chi connectivity index (χ1) is 9.21. The van der Waals surface area contributed by atoms with E-state index in [4.69, 9.17) is 20.5 Å². The zero-order chi connectivity index (χ0) is 14.1. The van der Waals surface area contributed by atoms with Gasteiger partial charge in [-0.1, -0.05) is 6.07 Å². The SMILES string of the molecule is COc1ccc(CN)cc1OCC(=O)NCCC#N. The number of amides is 1. The van der Waals surface area contributed by atoms with E-state index in [9.17, 15) is 4.79 Å². The zero-order valence-electron chi connectivity index (χ0n) is 10.8. The Balaban J connectivity index is 2.56. The van der Waals surface area contributed by atoms with Crippen molar-refractivity contribution in [1.82, 2.24) is 5.32 Å². The molecule has 0 unspecified atom stereocenters. The Hall–Kier alpha value is -2.26. The molecular formula is C13H17N3O3. The van der Waals surface area contributed by atoms with Gasteiger partial charge in [-0.25, -0.2) is 0 Å². The maximum Gasteiger partial charge on any atom is 0.257 e. The number of hydrogen-bond acceptors (Lipinski definition) is 5. The molecule has 19 heavy (non-hydrogen) atoms. The Kier molecular flexibility index (Phi) is 6.19. The van der Waals surface area contributed by atoms with E-state index in [1.54, 1.807) is 12.1 Å². The van der Waals surface area contributed by atoms with Crippen molar-refractivity contribution in [3.63, 3.8) is 0 Å². The van der Waals surface area contributed by atoms with Crippen LogP contribution in [0.1, 0.15) is 12.0 Å². The molecule has 0 fully saturated rings. The van der Waals surface area contributed by atoms with Gasteiger partial charge < -0.3 is 20.5 Å². The molecule has 1 aromatic carbocycles. The molecule has 0 saturated heterocycles. The highest BCUT2D eigenvalue weighted by Gasteiger charge is 2.08. The lowest BCUT2D eigenvalue weighted by Crippen LogP contribution is -2.29. The van der Waals surface area contributed by atoms with Crippen molar-refractivity contribution in [3.05, 3.63) is 23.8 Å². The molecule has 0 aliphatic carbocycles. The van der Waals surface area contributed by atoms with Gasteiger partial charge in [-0.3, -0.25) is 4.79 Å². The Morgan fingerprint density at radius 2 is 2.26 bits per heavy atom. The van der Waals surface area contributed by atoms with Crippen LogP contribution in [-0.4, -0.2) is 26.2 Å². The Morgan fingerprint density at radius 1 is 1.47 bits per heavy atom. The van der Waals surface area contributed by atoms with E-state index >= 15 is 0 Å². The van der Waals surface area contributed by atoms with E-state index < -0.39 is 0 Å². The van der Waals surface area contributed by atoms with Gasteiger partial charge in [0.2, 0.25) is 0 Å². The molecule has 0 bridgehead atoms. The Labute approximate surface area is 112 Å². The van der Waals surface area contributed by atoms with Crippen LogP contribution in [0.4, 0.5) is 0 Å². The topological polar surface area (TPSA) is 97.4 Å². The average molecular weight is 263 g/mol. The number of benzene rings is 1. The molecule has 0 heterocycles. The van der Waals surface area contributed by atoms with Crippen molar-refractivity contribution in [2.45, 2.75) is 13.0 Å². The largest absolute Gasteiger partial charge is 0.493 e. The summed E-state index contributed by atoms with van der Waals surface area (Å²) in [6.07, 6.45) is 0.276. The van der Waals surface area contributed by atoms with E-state index in [1.807, 2.05) is 12.1 Å². The standard InChI is InChI=1S/C13H17N3O3/c1-18-11-4-3-10(8-15)7-12(11)19-9-13(17)16-6-2-5-14/h3-4,7H,2,6,8-9,15H2,1H3,(H,16,17). The van der Waals surface area contributed by atoms with Crippen LogP contribution in [0.3, 0.4) is 0 Å². The highest BCUT2D eigenvalue weighted by Crippen LogP contribution is 2.27. The molecule has 102 valence electrons. The van der Waals surface area contributed by atoms with E-state index in [0.717, 1.165) is 5.56 Å². The lowest BCUT2D eigenvalue weighted by Gasteiger charge is -2.11. The van der Waals surface area contributed by atoms with Crippen molar-refractivity contribution in [2.75, 3.05) is 20.3 Å². The summed E-state index contributed by atoms with van der Waals surface area (Å²) in [5, 5.41) is 10.9. The second kappa shape index (κ2) is 7.95. The minimum absolute atomic E-state index is 0.129. The van der Waals surface area contributed by atoms with Crippen LogP contribution >= 0.6 is 0 Å². The Bertz CT molecular complexity index is 469. The van der Waals surface area contributed by atoms with Gasteiger partial charge in [0.25, 0.3) is 5.91 Å². The van der Waals surface area contributed by atoms with Gasteiger partial charge in [-0.2, -0.15) is 5.26 Å². The molecule has 6 nitrogen and oxygen atoms in total. The molecule has 3 N–H and O–H groups in total. The zero-order valence-corrected chi connectivity index (χ0v) is 10.8. The maximum atomic E-state index is 11.4. The summed E-state index contributed by atoms with van der Waals surface area (Å²) >= 11 is 0. The molecule has 1 aromatic rings. The van der Waals surface area contributed by atoms with Crippen LogP contribution in [0.15, 0.2) is 18.2 Å². The molecule has 0 saturated carbocycles. The summed E-state index contributed by atoms with van der Waals surface area (Å²) in [5.41, 5.74) is 6.43. The molecule has 0 aromatic heterocycles. The number of carbonyl (C=O) groups is 1. The summed E-state index contributed by atoms with van der Waals surface area (Å²) in [5.74, 6) is 0.735. The number of nitrogens with zero attached hydrogens (tertiary/aromatic N) is 1. The summed E-state index contributed by atoms with van der Waals surface area (Å²) in [6, 6.07) is 7.25. The molecule has 0 aliphatic rings. The van der Waals surface area contributed by atoms with E-state index in [1.165, 1.54) is 7.11 Å². The van der Waals surface area contributed by atoms with Crippen LogP contribution in [0.25, 0.3) is 0 Å². The molecule has 0 atom stereocenters. The first-order valence-corrected chi connectivity index (χ1v) is 5.84. The molecule has 1 rings (SSSR count). The quantitative estimate of drug-likeness (QED) is 0.701. The van der Waals surface area contributed by atoms with Gasteiger partial charge in [-0.05, 0) is 17.7 Å². The third-order valence-electron chi connectivity index (χ3n) is 2.38. The fourth-order valence-corrected chi connectivity index (χ4v) is 1.41. The van der Waals surface area contributed by atoms with Crippen LogP contribution in [0.5, 0.6) is 11.5 Å². The predicted octanol–water partition coefficient (Wildman–Crippen LogP) is 0.563. The Morgan fingerprint density at radius 3 is 2.89 bits per heavy atom. The van der Waals surface area contributed by atoms with Gasteiger partial charge in [-0.15, -0.1) is 0 Å². The number of carbonyl (C=O) groups excluding carboxylic acids is 1.